The molecule has 1 aliphatic heterocycles. The maximum atomic E-state index is 14.3. The smallest absolute Gasteiger partial charge is 0.181 e. The van der Waals surface area contributed by atoms with Gasteiger partial charge in [-0.3, -0.25) is 0 Å². The number of benzene rings is 1. The zero-order valence-corrected chi connectivity index (χ0v) is 14.8. The summed E-state index contributed by atoms with van der Waals surface area (Å²) in [7, 11) is 0. The maximum Gasteiger partial charge on any atom is 0.181 e. The molecule has 4 heterocycles. The normalized spacial score (nSPS) is 16.9. The third-order valence-corrected chi connectivity index (χ3v) is 5.16. The fraction of sp³-hybridized carbons (Fsp3) is 0.200. The highest BCUT2D eigenvalue weighted by Gasteiger charge is 2.30. The van der Waals surface area contributed by atoms with Gasteiger partial charge in [0.2, 0.25) is 0 Å². The van der Waals surface area contributed by atoms with Crippen LogP contribution in [0.5, 0.6) is 5.75 Å². The minimum atomic E-state index is -0.447. The van der Waals surface area contributed by atoms with E-state index < -0.39 is 11.6 Å². The molecule has 1 atom stereocenters. The third kappa shape index (κ3) is 2.69. The second-order valence-electron chi connectivity index (χ2n) is 6.88. The number of aromatic hydroxyl groups is 1. The Morgan fingerprint density at radius 2 is 2.00 bits per heavy atom. The van der Waals surface area contributed by atoms with Crippen LogP contribution < -0.4 is 4.90 Å². The van der Waals surface area contributed by atoms with E-state index in [2.05, 4.69) is 5.10 Å². The van der Waals surface area contributed by atoms with Gasteiger partial charge in [-0.05, 0) is 43.2 Å². The molecular weight excluding hydrogens is 364 g/mol. The van der Waals surface area contributed by atoms with Gasteiger partial charge in [0.25, 0.3) is 0 Å². The molecule has 1 fully saturated rings. The Bertz CT molecular complexity index is 1170. The van der Waals surface area contributed by atoms with E-state index in [-0.39, 0.29) is 11.8 Å². The highest BCUT2D eigenvalue weighted by Crippen LogP contribution is 2.37. The van der Waals surface area contributed by atoms with Crippen LogP contribution >= 0.6 is 0 Å². The van der Waals surface area contributed by atoms with Crippen molar-refractivity contribution < 1.29 is 13.9 Å². The molecule has 0 spiro atoms. The molecule has 0 radical (unpaired) electrons. The molecule has 1 aliphatic rings. The zero-order valence-electron chi connectivity index (χ0n) is 14.8. The van der Waals surface area contributed by atoms with E-state index in [9.17, 15) is 13.9 Å². The van der Waals surface area contributed by atoms with E-state index >= 15 is 0 Å². The van der Waals surface area contributed by atoms with Gasteiger partial charge in [0, 0.05) is 24.5 Å². The monoisotopic (exact) mass is 381 g/mol. The molecular formula is C20H17F2N5O. The lowest BCUT2D eigenvalue weighted by atomic mass is 10.0. The van der Waals surface area contributed by atoms with Crippen LogP contribution in [0.4, 0.5) is 14.6 Å². The number of aromatic nitrogens is 4. The number of anilines is 1. The van der Waals surface area contributed by atoms with E-state index in [0.29, 0.717) is 23.6 Å². The highest BCUT2D eigenvalue weighted by atomic mass is 19.1. The summed E-state index contributed by atoms with van der Waals surface area (Å²) in [6.07, 6.45) is 8.35. The van der Waals surface area contributed by atoms with Gasteiger partial charge in [-0.2, -0.15) is 5.10 Å². The van der Waals surface area contributed by atoms with Crippen LogP contribution in [0.2, 0.25) is 0 Å². The molecule has 0 aliphatic carbocycles. The van der Waals surface area contributed by atoms with Crippen LogP contribution in [0.15, 0.2) is 55.1 Å². The Morgan fingerprint density at radius 3 is 2.82 bits per heavy atom. The third-order valence-electron chi connectivity index (χ3n) is 5.16. The minimum Gasteiger partial charge on any atom is -0.506 e. The van der Waals surface area contributed by atoms with Crippen molar-refractivity contribution in [3.63, 3.8) is 0 Å². The lowest BCUT2D eigenvalue weighted by Crippen LogP contribution is -2.24. The van der Waals surface area contributed by atoms with Crippen LogP contribution in [0.3, 0.4) is 0 Å². The average molecular weight is 381 g/mol. The predicted octanol–water partition coefficient (Wildman–Crippen LogP) is 3.85. The van der Waals surface area contributed by atoms with Crippen molar-refractivity contribution in [2.24, 2.45) is 0 Å². The van der Waals surface area contributed by atoms with Gasteiger partial charge in [-0.15, -0.1) is 0 Å². The molecule has 1 aromatic carbocycles. The summed E-state index contributed by atoms with van der Waals surface area (Å²) in [5, 5.41) is 13.9. The van der Waals surface area contributed by atoms with Crippen molar-refractivity contribution in [2.75, 3.05) is 11.4 Å². The van der Waals surface area contributed by atoms with Gasteiger partial charge in [-0.25, -0.2) is 18.3 Å². The molecule has 3 aromatic heterocycles. The first-order valence-corrected chi connectivity index (χ1v) is 9.03. The van der Waals surface area contributed by atoms with E-state index in [1.54, 1.807) is 39.9 Å². The molecule has 6 nitrogen and oxygen atoms in total. The van der Waals surface area contributed by atoms with Crippen LogP contribution in [0.25, 0.3) is 11.3 Å². The number of fused-ring (bicyclic) bond motifs is 1. The number of halogens is 2. The summed E-state index contributed by atoms with van der Waals surface area (Å²) in [6, 6.07) is 6.71. The summed E-state index contributed by atoms with van der Waals surface area (Å²) in [5.74, 6) is -0.0298. The van der Waals surface area contributed by atoms with Gasteiger partial charge >= 0.3 is 0 Å². The molecule has 142 valence electrons. The second-order valence-corrected chi connectivity index (χ2v) is 6.88. The fourth-order valence-electron chi connectivity index (χ4n) is 3.86. The number of hydrogen-bond donors (Lipinski definition) is 1. The minimum absolute atomic E-state index is 0.150. The standard InChI is InChI=1S/C20H17F2N5O/c21-13-3-4-16(22)15(10-13)17-2-1-7-26(17)19-6-9-27-20(24-19)18(11-23-27)25-8-5-14(28)12-25/h3-6,8-12,17,28H,1-2,7H2/t17-/m0/s1. The quantitative estimate of drug-likeness (QED) is 0.586. The van der Waals surface area contributed by atoms with Crippen molar-refractivity contribution in [1.82, 2.24) is 19.2 Å². The first-order valence-electron chi connectivity index (χ1n) is 9.03. The molecule has 28 heavy (non-hydrogen) atoms. The summed E-state index contributed by atoms with van der Waals surface area (Å²) < 4.78 is 31.4. The van der Waals surface area contributed by atoms with Crippen molar-refractivity contribution in [1.29, 1.82) is 0 Å². The summed E-state index contributed by atoms with van der Waals surface area (Å²) in [5.41, 5.74) is 1.68. The zero-order chi connectivity index (χ0) is 19.3. The first kappa shape index (κ1) is 16.7. The van der Waals surface area contributed by atoms with Gasteiger partial charge < -0.3 is 14.6 Å². The number of rotatable bonds is 3. The maximum absolute atomic E-state index is 14.3. The van der Waals surface area contributed by atoms with E-state index in [4.69, 9.17) is 4.98 Å². The molecule has 0 unspecified atom stereocenters. The molecule has 4 aromatic rings. The molecule has 0 amide bonds. The average Bonchev–Trinajstić information content (AvgIpc) is 3.42. The summed E-state index contributed by atoms with van der Waals surface area (Å²) >= 11 is 0. The summed E-state index contributed by atoms with van der Waals surface area (Å²) in [4.78, 5) is 6.74. The Morgan fingerprint density at radius 1 is 1.11 bits per heavy atom. The van der Waals surface area contributed by atoms with Gasteiger partial charge in [0.1, 0.15) is 28.9 Å². The topological polar surface area (TPSA) is 58.6 Å². The van der Waals surface area contributed by atoms with E-state index in [1.807, 2.05) is 11.0 Å². The van der Waals surface area contributed by atoms with Crippen molar-refractivity contribution in [2.45, 2.75) is 18.9 Å². The predicted molar refractivity (Wildman–Crippen MR) is 99.7 cm³/mol. The Kier molecular flexibility index (Phi) is 3.78. The number of hydrogen-bond acceptors (Lipinski definition) is 4. The molecule has 1 N–H and O–H groups in total. The van der Waals surface area contributed by atoms with Crippen LogP contribution in [-0.2, 0) is 0 Å². The van der Waals surface area contributed by atoms with E-state index in [0.717, 1.165) is 24.6 Å². The number of nitrogens with zero attached hydrogens (tertiary/aromatic N) is 5. The molecule has 1 saturated heterocycles. The Hall–Kier alpha value is -3.42. The van der Waals surface area contributed by atoms with Crippen molar-refractivity contribution in [3.8, 4) is 11.4 Å². The van der Waals surface area contributed by atoms with Crippen molar-refractivity contribution in [3.05, 3.63) is 72.3 Å². The fourth-order valence-corrected chi connectivity index (χ4v) is 3.86. The first-order chi connectivity index (χ1) is 13.6. The van der Waals surface area contributed by atoms with Crippen LogP contribution in [-0.4, -0.2) is 30.8 Å². The molecule has 8 heteroatoms. The molecule has 0 saturated carbocycles. The van der Waals surface area contributed by atoms with Crippen molar-refractivity contribution >= 4 is 11.5 Å². The molecule has 5 rings (SSSR count). The Labute approximate surface area is 159 Å². The lowest BCUT2D eigenvalue weighted by Gasteiger charge is -2.26. The Balaban J connectivity index is 1.57. The molecule has 0 bridgehead atoms. The van der Waals surface area contributed by atoms with Gasteiger partial charge in [-0.1, -0.05) is 0 Å². The largest absolute Gasteiger partial charge is 0.506 e. The van der Waals surface area contributed by atoms with Gasteiger partial charge in [0.15, 0.2) is 5.65 Å². The lowest BCUT2D eigenvalue weighted by molar-refractivity contribution is 0.475. The second kappa shape index (κ2) is 6.33. The summed E-state index contributed by atoms with van der Waals surface area (Å²) in [6.45, 7) is 0.706. The SMILES string of the molecule is Oc1ccn(-c2cnn3ccc(N4CCC[C@H]4c4cc(F)ccc4F)nc23)c1. The van der Waals surface area contributed by atoms with Crippen LogP contribution in [0, 0.1) is 11.6 Å². The van der Waals surface area contributed by atoms with Gasteiger partial charge in [0.05, 0.1) is 18.4 Å². The van der Waals surface area contributed by atoms with E-state index in [1.165, 1.54) is 12.1 Å². The van der Waals surface area contributed by atoms with Crippen LogP contribution in [0.1, 0.15) is 24.4 Å². The highest BCUT2D eigenvalue weighted by molar-refractivity contribution is 5.62.